The summed E-state index contributed by atoms with van der Waals surface area (Å²) in [6.45, 7) is 5.30. The molecular formula is C20H23NO3. The second kappa shape index (κ2) is 7.49. The summed E-state index contributed by atoms with van der Waals surface area (Å²) >= 11 is 0. The Morgan fingerprint density at radius 1 is 1.21 bits per heavy atom. The van der Waals surface area contributed by atoms with E-state index >= 15 is 0 Å². The van der Waals surface area contributed by atoms with E-state index in [2.05, 4.69) is 11.4 Å². The number of amides is 1. The van der Waals surface area contributed by atoms with Crippen LogP contribution < -0.4 is 10.1 Å². The number of benzene rings is 2. The predicted molar refractivity (Wildman–Crippen MR) is 94.8 cm³/mol. The van der Waals surface area contributed by atoms with Gasteiger partial charge < -0.3 is 14.8 Å². The van der Waals surface area contributed by atoms with Gasteiger partial charge in [-0.2, -0.15) is 0 Å². The molecule has 0 spiro atoms. The van der Waals surface area contributed by atoms with Crippen LogP contribution in [0, 0.1) is 13.8 Å². The van der Waals surface area contributed by atoms with Crippen LogP contribution >= 0.6 is 0 Å². The lowest BCUT2D eigenvalue weighted by molar-refractivity contribution is 0.0673. The predicted octanol–water partition coefficient (Wildman–Crippen LogP) is 4.11. The van der Waals surface area contributed by atoms with Gasteiger partial charge in [0.25, 0.3) is 5.91 Å². The molecule has 4 heteroatoms. The van der Waals surface area contributed by atoms with Crippen molar-refractivity contribution in [3.8, 4) is 5.75 Å². The fourth-order valence-corrected chi connectivity index (χ4v) is 2.98. The number of rotatable bonds is 5. The van der Waals surface area contributed by atoms with Gasteiger partial charge in [0.2, 0.25) is 0 Å². The van der Waals surface area contributed by atoms with Crippen LogP contribution in [-0.2, 0) is 4.74 Å². The molecule has 0 aliphatic carbocycles. The molecule has 2 aromatic rings. The Bertz CT molecular complexity index is 700. The topological polar surface area (TPSA) is 47.6 Å². The molecule has 1 aliphatic rings. The molecule has 1 amide bonds. The number of carbonyl (C=O) groups excluding carboxylic acids is 1. The summed E-state index contributed by atoms with van der Waals surface area (Å²) in [5.41, 5.74) is 3.57. The van der Waals surface area contributed by atoms with Crippen molar-refractivity contribution in [2.24, 2.45) is 0 Å². The first-order chi connectivity index (χ1) is 11.6. The second-order valence-electron chi connectivity index (χ2n) is 6.27. The molecule has 0 bridgehead atoms. The molecule has 0 unspecified atom stereocenters. The summed E-state index contributed by atoms with van der Waals surface area (Å²) < 4.78 is 11.4. The van der Waals surface area contributed by atoms with Crippen LogP contribution in [0.3, 0.4) is 0 Å². The van der Waals surface area contributed by atoms with Crippen molar-refractivity contribution in [1.29, 1.82) is 0 Å². The molecule has 0 saturated carbocycles. The van der Waals surface area contributed by atoms with Crippen LogP contribution in [0.25, 0.3) is 0 Å². The number of para-hydroxylation sites is 1. The van der Waals surface area contributed by atoms with Gasteiger partial charge in [-0.05, 0) is 62.1 Å². The molecule has 2 aromatic carbocycles. The van der Waals surface area contributed by atoms with Gasteiger partial charge in [-0.15, -0.1) is 0 Å². The van der Waals surface area contributed by atoms with Crippen molar-refractivity contribution >= 4 is 11.6 Å². The molecule has 0 radical (unpaired) electrons. The Kier molecular flexibility index (Phi) is 5.16. The summed E-state index contributed by atoms with van der Waals surface area (Å²) in [5.74, 6) is 0.429. The minimum Gasteiger partial charge on any atom is -0.490 e. The Balaban J connectivity index is 1.71. The zero-order valence-electron chi connectivity index (χ0n) is 14.2. The standard InChI is InChI=1S/C20H23NO3/c1-14-10-15(2)12-16(11-14)21-20(22)18-7-3-4-8-19(18)24-13-17-6-5-9-23-17/h3-4,7-8,10-12,17H,5-6,9,13H2,1-2H3,(H,21,22)/t17-/m1/s1. The molecule has 24 heavy (non-hydrogen) atoms. The maximum atomic E-state index is 12.6. The van der Waals surface area contributed by atoms with Gasteiger partial charge in [0, 0.05) is 12.3 Å². The third kappa shape index (κ3) is 4.15. The second-order valence-corrected chi connectivity index (χ2v) is 6.27. The minimum atomic E-state index is -0.164. The van der Waals surface area contributed by atoms with Gasteiger partial charge in [0.15, 0.2) is 0 Å². The van der Waals surface area contributed by atoms with E-state index in [0.717, 1.165) is 36.3 Å². The van der Waals surface area contributed by atoms with E-state index in [-0.39, 0.29) is 12.0 Å². The SMILES string of the molecule is Cc1cc(C)cc(NC(=O)c2ccccc2OC[C@H]2CCCO2)c1. The van der Waals surface area contributed by atoms with Crippen molar-refractivity contribution in [3.63, 3.8) is 0 Å². The van der Waals surface area contributed by atoms with E-state index in [1.165, 1.54) is 0 Å². The molecule has 1 saturated heterocycles. The van der Waals surface area contributed by atoms with E-state index in [4.69, 9.17) is 9.47 Å². The highest BCUT2D eigenvalue weighted by molar-refractivity contribution is 6.06. The Labute approximate surface area is 142 Å². The first-order valence-corrected chi connectivity index (χ1v) is 8.35. The zero-order valence-corrected chi connectivity index (χ0v) is 14.2. The molecule has 1 heterocycles. The fraction of sp³-hybridized carbons (Fsp3) is 0.350. The van der Waals surface area contributed by atoms with Crippen LogP contribution in [0.5, 0.6) is 5.75 Å². The minimum absolute atomic E-state index is 0.125. The molecular weight excluding hydrogens is 302 g/mol. The van der Waals surface area contributed by atoms with E-state index in [1.807, 2.05) is 44.2 Å². The lowest BCUT2D eigenvalue weighted by Gasteiger charge is -2.15. The van der Waals surface area contributed by atoms with Crippen molar-refractivity contribution in [2.75, 3.05) is 18.5 Å². The Hall–Kier alpha value is -2.33. The normalized spacial score (nSPS) is 16.8. The molecule has 0 aromatic heterocycles. The highest BCUT2D eigenvalue weighted by Crippen LogP contribution is 2.22. The summed E-state index contributed by atoms with van der Waals surface area (Å²) in [6, 6.07) is 13.3. The third-order valence-corrected chi connectivity index (χ3v) is 4.06. The van der Waals surface area contributed by atoms with E-state index in [9.17, 15) is 4.79 Å². The van der Waals surface area contributed by atoms with Crippen LogP contribution in [-0.4, -0.2) is 25.2 Å². The monoisotopic (exact) mass is 325 g/mol. The highest BCUT2D eigenvalue weighted by Gasteiger charge is 2.18. The fourth-order valence-electron chi connectivity index (χ4n) is 2.98. The number of aryl methyl sites for hydroxylation is 2. The lowest BCUT2D eigenvalue weighted by atomic mass is 10.1. The number of hydrogen-bond acceptors (Lipinski definition) is 3. The summed E-state index contributed by atoms with van der Waals surface area (Å²) in [6.07, 6.45) is 2.21. The molecule has 1 aliphatic heterocycles. The molecule has 1 N–H and O–H groups in total. The van der Waals surface area contributed by atoms with Gasteiger partial charge in [0.05, 0.1) is 11.7 Å². The van der Waals surface area contributed by atoms with E-state index in [1.54, 1.807) is 6.07 Å². The summed E-state index contributed by atoms with van der Waals surface area (Å²) in [4.78, 5) is 12.6. The quantitative estimate of drug-likeness (QED) is 0.900. The number of carbonyl (C=O) groups is 1. The molecule has 1 fully saturated rings. The van der Waals surface area contributed by atoms with Crippen LogP contribution in [0.1, 0.15) is 34.3 Å². The third-order valence-electron chi connectivity index (χ3n) is 4.06. The molecule has 3 rings (SSSR count). The molecule has 4 nitrogen and oxygen atoms in total. The van der Waals surface area contributed by atoms with Crippen molar-refractivity contribution < 1.29 is 14.3 Å². The number of hydrogen-bond donors (Lipinski definition) is 1. The Morgan fingerprint density at radius 3 is 2.67 bits per heavy atom. The van der Waals surface area contributed by atoms with Crippen LogP contribution in [0.15, 0.2) is 42.5 Å². The average molecular weight is 325 g/mol. The highest BCUT2D eigenvalue weighted by atomic mass is 16.5. The summed E-state index contributed by atoms with van der Waals surface area (Å²) in [5, 5.41) is 2.96. The molecule has 1 atom stereocenters. The average Bonchev–Trinajstić information content (AvgIpc) is 3.05. The van der Waals surface area contributed by atoms with Gasteiger partial charge in [-0.25, -0.2) is 0 Å². The van der Waals surface area contributed by atoms with E-state index in [0.29, 0.717) is 17.9 Å². The summed E-state index contributed by atoms with van der Waals surface area (Å²) in [7, 11) is 0. The van der Waals surface area contributed by atoms with Crippen molar-refractivity contribution in [2.45, 2.75) is 32.8 Å². The first-order valence-electron chi connectivity index (χ1n) is 8.35. The van der Waals surface area contributed by atoms with Crippen LogP contribution in [0.2, 0.25) is 0 Å². The zero-order chi connectivity index (χ0) is 16.9. The van der Waals surface area contributed by atoms with Crippen LogP contribution in [0.4, 0.5) is 5.69 Å². The lowest BCUT2D eigenvalue weighted by Crippen LogP contribution is -2.19. The van der Waals surface area contributed by atoms with Crippen molar-refractivity contribution in [3.05, 3.63) is 59.2 Å². The Morgan fingerprint density at radius 2 is 1.96 bits per heavy atom. The number of anilines is 1. The smallest absolute Gasteiger partial charge is 0.259 e. The maximum absolute atomic E-state index is 12.6. The maximum Gasteiger partial charge on any atom is 0.259 e. The largest absolute Gasteiger partial charge is 0.490 e. The molecule has 126 valence electrons. The number of nitrogens with one attached hydrogen (secondary N) is 1. The van der Waals surface area contributed by atoms with Gasteiger partial charge in [0.1, 0.15) is 12.4 Å². The van der Waals surface area contributed by atoms with Gasteiger partial charge in [-0.1, -0.05) is 18.2 Å². The van der Waals surface area contributed by atoms with Gasteiger partial charge >= 0.3 is 0 Å². The first kappa shape index (κ1) is 16.5. The van der Waals surface area contributed by atoms with Crippen molar-refractivity contribution in [1.82, 2.24) is 0 Å². The number of ether oxygens (including phenoxy) is 2. The van der Waals surface area contributed by atoms with E-state index < -0.39 is 0 Å². The van der Waals surface area contributed by atoms with Gasteiger partial charge in [-0.3, -0.25) is 4.79 Å².